The van der Waals surface area contributed by atoms with Crippen LogP contribution in [0.2, 0.25) is 0 Å². The molecule has 1 aromatic rings. The Kier molecular flexibility index (Phi) is 8.26. The Balaban J connectivity index is 2.97. The van der Waals surface area contributed by atoms with Gasteiger partial charge in [-0.05, 0) is 40.5 Å². The predicted octanol–water partition coefficient (Wildman–Crippen LogP) is 4.02. The van der Waals surface area contributed by atoms with E-state index in [0.29, 0.717) is 24.6 Å². The molecular weight excluding hydrogens is 338 g/mol. The Hall–Kier alpha value is -1.72. The van der Waals surface area contributed by atoms with E-state index < -0.39 is 5.41 Å². The summed E-state index contributed by atoms with van der Waals surface area (Å²) >= 11 is 1.36. The SMILES string of the molecule is CCN(OC(C)C)C(=O)N(CC)c1nnc(CC(C#N)(CC)CC)s1. The molecule has 25 heavy (non-hydrogen) atoms. The van der Waals surface area contributed by atoms with Crippen molar-refractivity contribution in [2.24, 2.45) is 5.41 Å². The summed E-state index contributed by atoms with van der Waals surface area (Å²) in [6.45, 7) is 12.5. The van der Waals surface area contributed by atoms with Crippen molar-refractivity contribution < 1.29 is 9.63 Å². The number of hydrogen-bond donors (Lipinski definition) is 0. The van der Waals surface area contributed by atoms with Gasteiger partial charge in [0, 0.05) is 19.5 Å². The van der Waals surface area contributed by atoms with Crippen LogP contribution >= 0.6 is 11.3 Å². The zero-order chi connectivity index (χ0) is 19.0. The smallest absolute Gasteiger partial charge is 0.267 e. The highest BCUT2D eigenvalue weighted by atomic mass is 32.1. The first-order valence-electron chi connectivity index (χ1n) is 8.85. The standard InChI is InChI=1S/C17H29N5O2S/c1-7-17(8-2,12-18)11-14-19-20-15(25-14)21(9-3)16(23)22(10-4)24-13(5)6/h13H,7-11H2,1-6H3. The van der Waals surface area contributed by atoms with Crippen LogP contribution in [0, 0.1) is 16.7 Å². The van der Waals surface area contributed by atoms with E-state index in [4.69, 9.17) is 4.84 Å². The zero-order valence-electron chi connectivity index (χ0n) is 16.1. The third-order valence-corrected chi connectivity index (χ3v) is 5.10. The van der Waals surface area contributed by atoms with Gasteiger partial charge in [-0.25, -0.2) is 9.86 Å². The van der Waals surface area contributed by atoms with Gasteiger partial charge in [0.05, 0.1) is 17.6 Å². The fraction of sp³-hybridized carbons (Fsp3) is 0.765. The molecular formula is C17H29N5O2S. The maximum atomic E-state index is 12.7. The lowest BCUT2D eigenvalue weighted by Crippen LogP contribution is -2.44. The number of nitriles is 1. The molecule has 1 rings (SSSR count). The molecule has 0 N–H and O–H groups in total. The molecule has 0 fully saturated rings. The summed E-state index contributed by atoms with van der Waals surface area (Å²) in [6.07, 6.45) is 1.99. The lowest BCUT2D eigenvalue weighted by atomic mass is 9.81. The third-order valence-electron chi connectivity index (χ3n) is 4.15. The van der Waals surface area contributed by atoms with Crippen LogP contribution in [0.4, 0.5) is 9.93 Å². The molecule has 0 radical (unpaired) electrons. The van der Waals surface area contributed by atoms with Crippen molar-refractivity contribution in [3.63, 3.8) is 0 Å². The van der Waals surface area contributed by atoms with Crippen LogP contribution in [-0.4, -0.2) is 40.5 Å². The van der Waals surface area contributed by atoms with E-state index in [1.165, 1.54) is 16.4 Å². The van der Waals surface area contributed by atoms with Gasteiger partial charge in [0.2, 0.25) is 5.13 Å². The number of amides is 2. The van der Waals surface area contributed by atoms with Crippen molar-refractivity contribution >= 4 is 22.5 Å². The number of hydroxylamine groups is 2. The molecule has 0 saturated carbocycles. The second-order valence-electron chi connectivity index (χ2n) is 6.13. The van der Waals surface area contributed by atoms with Crippen molar-refractivity contribution in [1.82, 2.24) is 15.3 Å². The van der Waals surface area contributed by atoms with Crippen molar-refractivity contribution in [3.8, 4) is 6.07 Å². The molecule has 1 aromatic heterocycles. The molecule has 0 aliphatic heterocycles. The van der Waals surface area contributed by atoms with E-state index in [1.54, 1.807) is 4.90 Å². The summed E-state index contributed by atoms with van der Waals surface area (Å²) in [7, 11) is 0. The average Bonchev–Trinajstić information content (AvgIpc) is 3.06. The van der Waals surface area contributed by atoms with Gasteiger partial charge in [0.15, 0.2) is 0 Å². The first-order chi connectivity index (χ1) is 11.9. The summed E-state index contributed by atoms with van der Waals surface area (Å²) in [4.78, 5) is 19.8. The lowest BCUT2D eigenvalue weighted by Gasteiger charge is -2.27. The van der Waals surface area contributed by atoms with E-state index in [9.17, 15) is 10.1 Å². The number of hydrogen-bond acceptors (Lipinski definition) is 6. The van der Waals surface area contributed by atoms with Crippen LogP contribution in [0.1, 0.15) is 59.4 Å². The molecule has 0 aliphatic rings. The molecule has 2 amide bonds. The quantitative estimate of drug-likeness (QED) is 0.616. The van der Waals surface area contributed by atoms with Gasteiger partial charge >= 0.3 is 6.03 Å². The summed E-state index contributed by atoms with van der Waals surface area (Å²) in [5.74, 6) is 0. The fourth-order valence-corrected chi connectivity index (χ4v) is 3.45. The van der Waals surface area contributed by atoms with Crippen LogP contribution in [0.15, 0.2) is 0 Å². The highest BCUT2D eigenvalue weighted by Crippen LogP contribution is 2.33. The van der Waals surface area contributed by atoms with E-state index in [0.717, 1.165) is 17.8 Å². The number of anilines is 1. The second kappa shape index (κ2) is 9.68. The number of aromatic nitrogens is 2. The monoisotopic (exact) mass is 367 g/mol. The van der Waals surface area contributed by atoms with Crippen molar-refractivity contribution in [1.29, 1.82) is 5.26 Å². The van der Waals surface area contributed by atoms with Crippen molar-refractivity contribution in [3.05, 3.63) is 5.01 Å². The molecule has 0 atom stereocenters. The van der Waals surface area contributed by atoms with Crippen LogP contribution in [0.5, 0.6) is 0 Å². The van der Waals surface area contributed by atoms with Crippen molar-refractivity contribution in [2.45, 2.75) is 66.9 Å². The maximum absolute atomic E-state index is 12.7. The minimum Gasteiger partial charge on any atom is -0.267 e. The Morgan fingerprint density at radius 2 is 1.88 bits per heavy atom. The largest absolute Gasteiger partial charge is 0.350 e. The molecule has 0 unspecified atom stereocenters. The van der Waals surface area contributed by atoms with Gasteiger partial charge in [0.1, 0.15) is 5.01 Å². The highest BCUT2D eigenvalue weighted by Gasteiger charge is 2.30. The average molecular weight is 368 g/mol. The fourth-order valence-electron chi connectivity index (χ4n) is 2.41. The molecule has 0 bridgehead atoms. The summed E-state index contributed by atoms with van der Waals surface area (Å²) < 4.78 is 0. The van der Waals surface area contributed by atoms with Crippen LogP contribution < -0.4 is 4.90 Å². The molecule has 1 heterocycles. The number of nitrogens with zero attached hydrogens (tertiary/aromatic N) is 5. The van der Waals surface area contributed by atoms with Crippen LogP contribution in [0.3, 0.4) is 0 Å². The Labute approximate surface area is 154 Å². The van der Waals surface area contributed by atoms with Gasteiger partial charge in [0.25, 0.3) is 0 Å². The number of carbonyl (C=O) groups excluding carboxylic acids is 1. The van der Waals surface area contributed by atoms with Gasteiger partial charge in [-0.15, -0.1) is 10.2 Å². The first-order valence-corrected chi connectivity index (χ1v) is 9.67. The number of rotatable bonds is 9. The summed E-state index contributed by atoms with van der Waals surface area (Å²) in [6, 6.07) is 2.17. The predicted molar refractivity (Wildman–Crippen MR) is 99.3 cm³/mol. The maximum Gasteiger partial charge on any atom is 0.350 e. The lowest BCUT2D eigenvalue weighted by molar-refractivity contribution is -0.143. The molecule has 0 aliphatic carbocycles. The highest BCUT2D eigenvalue weighted by molar-refractivity contribution is 7.15. The van der Waals surface area contributed by atoms with Crippen LogP contribution in [-0.2, 0) is 11.3 Å². The van der Waals surface area contributed by atoms with Gasteiger partial charge in [-0.1, -0.05) is 25.2 Å². The van der Waals surface area contributed by atoms with E-state index in [1.807, 2.05) is 41.5 Å². The number of urea groups is 1. The van der Waals surface area contributed by atoms with Crippen LogP contribution in [0.25, 0.3) is 0 Å². The molecule has 140 valence electrons. The molecule has 7 nitrogen and oxygen atoms in total. The number of carbonyl (C=O) groups is 1. The summed E-state index contributed by atoms with van der Waals surface area (Å²) in [5, 5.41) is 20.5. The Bertz CT molecular complexity index is 592. The topological polar surface area (TPSA) is 82.3 Å². The van der Waals surface area contributed by atoms with Gasteiger partial charge in [-0.3, -0.25) is 9.74 Å². The molecule has 0 saturated heterocycles. The van der Waals surface area contributed by atoms with Crippen molar-refractivity contribution in [2.75, 3.05) is 18.0 Å². The van der Waals surface area contributed by atoms with E-state index >= 15 is 0 Å². The third kappa shape index (κ3) is 5.38. The van der Waals surface area contributed by atoms with Gasteiger partial charge in [-0.2, -0.15) is 5.26 Å². The Morgan fingerprint density at radius 3 is 2.32 bits per heavy atom. The molecule has 0 aromatic carbocycles. The molecule has 8 heteroatoms. The normalized spacial score (nSPS) is 11.4. The van der Waals surface area contributed by atoms with E-state index in [-0.39, 0.29) is 12.1 Å². The second-order valence-corrected chi connectivity index (χ2v) is 7.17. The minimum absolute atomic E-state index is 0.0852. The molecule has 0 spiro atoms. The summed E-state index contributed by atoms with van der Waals surface area (Å²) in [5.41, 5.74) is -0.423. The van der Waals surface area contributed by atoms with Gasteiger partial charge < -0.3 is 0 Å². The zero-order valence-corrected chi connectivity index (χ0v) is 16.9. The first kappa shape index (κ1) is 21.3. The van der Waals surface area contributed by atoms with E-state index in [2.05, 4.69) is 16.3 Å². The Morgan fingerprint density at radius 1 is 1.24 bits per heavy atom. The minimum atomic E-state index is -0.423.